The summed E-state index contributed by atoms with van der Waals surface area (Å²) >= 11 is 0. The molecule has 6 nitrogen and oxygen atoms in total. The van der Waals surface area contributed by atoms with Crippen LogP contribution in [0.25, 0.3) is 10.9 Å². The van der Waals surface area contributed by atoms with E-state index in [-0.39, 0.29) is 11.5 Å². The third kappa shape index (κ3) is 3.11. The van der Waals surface area contributed by atoms with Crippen LogP contribution in [0.15, 0.2) is 53.5 Å². The van der Waals surface area contributed by atoms with Crippen LogP contribution in [0.1, 0.15) is 40.6 Å². The molecule has 1 aliphatic rings. The van der Waals surface area contributed by atoms with Gasteiger partial charge in [0.15, 0.2) is 5.43 Å². The molecule has 0 spiro atoms. The first-order chi connectivity index (χ1) is 12.6. The van der Waals surface area contributed by atoms with Gasteiger partial charge in [-0.2, -0.15) is 0 Å². The molecule has 3 aromatic rings. The van der Waals surface area contributed by atoms with Gasteiger partial charge in [-0.15, -0.1) is 0 Å². The molecule has 4 rings (SSSR count). The Kier molecular flexibility index (Phi) is 4.26. The fraction of sp³-hybridized carbons (Fsp3) is 0.250. The van der Waals surface area contributed by atoms with Crippen molar-refractivity contribution in [2.75, 3.05) is 6.54 Å². The molecule has 0 saturated carbocycles. The number of nitrogens with two attached hydrogens (primary N) is 1. The van der Waals surface area contributed by atoms with Crippen LogP contribution in [-0.4, -0.2) is 27.3 Å². The van der Waals surface area contributed by atoms with E-state index in [2.05, 4.69) is 20.9 Å². The lowest BCUT2D eigenvalue weighted by Gasteiger charge is -2.24. The fourth-order valence-corrected chi connectivity index (χ4v) is 3.68. The standard InChI is InChI=1S/C20H20N4O2/c21-20(26)13-6-7-16-15(10-13)19(25)11-14(23-16)12-24-9-3-5-18(24)17-4-1-2-8-22-17/h1-2,4,6-8,10-11,18H,3,5,9,12H2,(H2,21,26)(H,23,25). The molecule has 1 amide bonds. The van der Waals surface area contributed by atoms with Crippen molar-refractivity contribution in [2.45, 2.75) is 25.4 Å². The van der Waals surface area contributed by atoms with Gasteiger partial charge in [0.05, 0.1) is 11.7 Å². The molecule has 132 valence electrons. The second-order valence-corrected chi connectivity index (χ2v) is 6.67. The van der Waals surface area contributed by atoms with Crippen molar-refractivity contribution >= 4 is 16.8 Å². The summed E-state index contributed by atoms with van der Waals surface area (Å²) in [5, 5.41) is 0.479. The Bertz CT molecular complexity index is 1010. The van der Waals surface area contributed by atoms with Gasteiger partial charge in [0.25, 0.3) is 0 Å². The van der Waals surface area contributed by atoms with E-state index in [4.69, 9.17) is 5.73 Å². The summed E-state index contributed by atoms with van der Waals surface area (Å²) in [6.45, 7) is 1.63. The zero-order valence-electron chi connectivity index (χ0n) is 14.3. The molecule has 1 atom stereocenters. The molecule has 0 bridgehead atoms. The number of nitrogens with zero attached hydrogens (tertiary/aromatic N) is 2. The Morgan fingerprint density at radius 2 is 2.15 bits per heavy atom. The second kappa shape index (κ2) is 6.72. The molecule has 1 aliphatic heterocycles. The van der Waals surface area contributed by atoms with Gasteiger partial charge in [0.1, 0.15) is 0 Å². The summed E-state index contributed by atoms with van der Waals surface area (Å²) in [6.07, 6.45) is 4.00. The lowest BCUT2D eigenvalue weighted by Crippen LogP contribution is -2.24. The number of pyridine rings is 2. The van der Waals surface area contributed by atoms with Crippen LogP contribution in [0, 0.1) is 0 Å². The summed E-state index contributed by atoms with van der Waals surface area (Å²) in [7, 11) is 0. The van der Waals surface area contributed by atoms with E-state index in [0.717, 1.165) is 30.8 Å². The van der Waals surface area contributed by atoms with Gasteiger partial charge in [-0.3, -0.25) is 19.5 Å². The lowest BCUT2D eigenvalue weighted by molar-refractivity contribution is 0.100. The predicted octanol–water partition coefficient (Wildman–Crippen LogP) is 2.36. The van der Waals surface area contributed by atoms with Gasteiger partial charge in [-0.25, -0.2) is 0 Å². The van der Waals surface area contributed by atoms with Gasteiger partial charge in [-0.05, 0) is 49.7 Å². The van der Waals surface area contributed by atoms with Crippen LogP contribution in [0.4, 0.5) is 0 Å². The van der Waals surface area contributed by atoms with Crippen LogP contribution in [0.5, 0.6) is 0 Å². The first-order valence-corrected chi connectivity index (χ1v) is 8.72. The Labute approximate surface area is 150 Å². The van der Waals surface area contributed by atoms with Crippen molar-refractivity contribution in [2.24, 2.45) is 5.73 Å². The van der Waals surface area contributed by atoms with E-state index in [1.807, 2.05) is 18.3 Å². The van der Waals surface area contributed by atoms with Gasteiger partial charge in [0.2, 0.25) is 5.91 Å². The average molecular weight is 348 g/mol. The van der Waals surface area contributed by atoms with Crippen molar-refractivity contribution in [3.63, 3.8) is 0 Å². The number of likely N-dealkylation sites (tertiary alicyclic amines) is 1. The zero-order valence-corrected chi connectivity index (χ0v) is 14.3. The number of aromatic nitrogens is 2. The third-order valence-electron chi connectivity index (χ3n) is 4.94. The minimum absolute atomic E-state index is 0.106. The number of carbonyl (C=O) groups is 1. The fourth-order valence-electron chi connectivity index (χ4n) is 3.68. The molecular formula is C20H20N4O2. The van der Waals surface area contributed by atoms with Gasteiger partial charge in [-0.1, -0.05) is 6.07 Å². The molecule has 0 aliphatic carbocycles. The SMILES string of the molecule is NC(=O)c1ccc2[nH]c(CN3CCCC3c3ccccn3)cc(=O)c2c1. The number of nitrogens with one attached hydrogen (secondary N) is 1. The number of H-pyrrole nitrogens is 1. The Balaban J connectivity index is 1.64. The quantitative estimate of drug-likeness (QED) is 0.757. The number of rotatable bonds is 4. The maximum atomic E-state index is 12.5. The van der Waals surface area contributed by atoms with Crippen LogP contribution < -0.4 is 11.2 Å². The van der Waals surface area contributed by atoms with E-state index in [1.165, 1.54) is 0 Å². The molecule has 1 aromatic carbocycles. The number of hydrogen-bond acceptors (Lipinski definition) is 4. The Morgan fingerprint density at radius 1 is 1.27 bits per heavy atom. The van der Waals surface area contributed by atoms with Crippen molar-refractivity contribution in [3.05, 3.63) is 75.8 Å². The number of aromatic amines is 1. The van der Waals surface area contributed by atoms with Crippen LogP contribution in [0.3, 0.4) is 0 Å². The molecule has 3 heterocycles. The highest BCUT2D eigenvalue weighted by molar-refractivity contribution is 5.96. The molecule has 1 fully saturated rings. The molecule has 26 heavy (non-hydrogen) atoms. The van der Waals surface area contributed by atoms with Crippen molar-refractivity contribution in [1.29, 1.82) is 0 Å². The lowest BCUT2D eigenvalue weighted by atomic mass is 10.1. The first kappa shape index (κ1) is 16.5. The third-order valence-corrected chi connectivity index (χ3v) is 4.94. The van der Waals surface area contributed by atoms with Gasteiger partial charge >= 0.3 is 0 Å². The molecular weight excluding hydrogens is 328 g/mol. The van der Waals surface area contributed by atoms with Crippen LogP contribution >= 0.6 is 0 Å². The molecule has 0 radical (unpaired) electrons. The van der Waals surface area contributed by atoms with Crippen molar-refractivity contribution < 1.29 is 4.79 Å². The summed E-state index contributed by atoms with van der Waals surface area (Å²) in [5.74, 6) is -0.536. The number of amides is 1. The summed E-state index contributed by atoms with van der Waals surface area (Å²) in [4.78, 5) is 34.0. The van der Waals surface area contributed by atoms with Crippen LogP contribution in [-0.2, 0) is 6.54 Å². The number of carbonyl (C=O) groups excluding carboxylic acids is 1. The highest BCUT2D eigenvalue weighted by Gasteiger charge is 2.27. The topological polar surface area (TPSA) is 92.1 Å². The van der Waals surface area contributed by atoms with E-state index >= 15 is 0 Å². The maximum Gasteiger partial charge on any atom is 0.248 e. The Hall–Kier alpha value is -2.99. The highest BCUT2D eigenvalue weighted by atomic mass is 16.1. The number of fused-ring (bicyclic) bond motifs is 1. The van der Waals surface area contributed by atoms with Crippen molar-refractivity contribution in [3.8, 4) is 0 Å². The van der Waals surface area contributed by atoms with E-state index in [9.17, 15) is 9.59 Å². The van der Waals surface area contributed by atoms with Gasteiger partial charge < -0.3 is 10.7 Å². The second-order valence-electron chi connectivity index (χ2n) is 6.67. The smallest absolute Gasteiger partial charge is 0.248 e. The van der Waals surface area contributed by atoms with Crippen molar-refractivity contribution in [1.82, 2.24) is 14.9 Å². The Morgan fingerprint density at radius 3 is 2.92 bits per heavy atom. The number of hydrogen-bond donors (Lipinski definition) is 2. The number of primary amides is 1. The highest BCUT2D eigenvalue weighted by Crippen LogP contribution is 2.31. The van der Waals surface area contributed by atoms with Crippen LogP contribution in [0.2, 0.25) is 0 Å². The molecule has 6 heteroatoms. The van der Waals surface area contributed by atoms with E-state index in [0.29, 0.717) is 23.0 Å². The summed E-state index contributed by atoms with van der Waals surface area (Å²) < 4.78 is 0. The minimum atomic E-state index is -0.536. The maximum absolute atomic E-state index is 12.5. The normalized spacial score (nSPS) is 17.6. The average Bonchev–Trinajstić information content (AvgIpc) is 3.10. The molecule has 1 unspecified atom stereocenters. The zero-order chi connectivity index (χ0) is 18.1. The van der Waals surface area contributed by atoms with Gasteiger partial charge in [0, 0.05) is 41.0 Å². The van der Waals surface area contributed by atoms with E-state index in [1.54, 1.807) is 24.3 Å². The molecule has 1 saturated heterocycles. The molecule has 2 aromatic heterocycles. The van der Waals surface area contributed by atoms with E-state index < -0.39 is 5.91 Å². The number of benzene rings is 1. The summed E-state index contributed by atoms with van der Waals surface area (Å²) in [6, 6.07) is 12.8. The predicted molar refractivity (Wildman–Crippen MR) is 99.7 cm³/mol. The minimum Gasteiger partial charge on any atom is -0.366 e. The first-order valence-electron chi connectivity index (χ1n) is 8.72. The monoisotopic (exact) mass is 348 g/mol. The molecule has 3 N–H and O–H groups in total. The summed E-state index contributed by atoms with van der Waals surface area (Å²) in [5.41, 5.74) is 8.17. The largest absolute Gasteiger partial charge is 0.366 e.